The van der Waals surface area contributed by atoms with Crippen LogP contribution in [0, 0.1) is 28.6 Å². The van der Waals surface area contributed by atoms with Crippen molar-refractivity contribution in [3.05, 3.63) is 10.4 Å². The number of rotatable bonds is 4. The molecule has 2 heterocycles. The number of thioether (sulfide) groups is 2. The van der Waals surface area contributed by atoms with Crippen LogP contribution < -0.4 is 0 Å². The summed E-state index contributed by atoms with van der Waals surface area (Å²) in [5.41, 5.74) is 1.38. The third-order valence-corrected chi connectivity index (χ3v) is 6.35. The van der Waals surface area contributed by atoms with Gasteiger partial charge in [-0.25, -0.2) is 9.97 Å². The fraction of sp³-hybridized carbons (Fsp3) is 0.467. The summed E-state index contributed by atoms with van der Waals surface area (Å²) in [6, 6.07) is 4.28. The van der Waals surface area contributed by atoms with E-state index in [1.54, 1.807) is 11.3 Å². The standard InChI is InChI=1S/C15H14N4S3/c1-9-2-3-10-11(8-9)22-14-12(10)13(20-6-4-16)18-15(19-14)21-7-5-17/h9H,2-3,6-8H2,1H3. The number of thiophene rings is 1. The third kappa shape index (κ3) is 3.08. The first-order chi connectivity index (χ1) is 10.7. The second kappa shape index (κ2) is 6.87. The Kier molecular flexibility index (Phi) is 4.87. The molecule has 0 bridgehead atoms. The molecule has 1 atom stereocenters. The number of nitrogens with zero attached hydrogens (tertiary/aromatic N) is 4. The number of nitriles is 2. The normalized spacial score (nSPS) is 17.0. The Morgan fingerprint density at radius 1 is 1.23 bits per heavy atom. The molecular formula is C15H14N4S3. The molecule has 4 nitrogen and oxygen atoms in total. The lowest BCUT2D eigenvalue weighted by Gasteiger charge is -2.18. The molecular weight excluding hydrogens is 332 g/mol. The number of aryl methyl sites for hydroxylation is 1. The van der Waals surface area contributed by atoms with E-state index >= 15 is 0 Å². The Hall–Kier alpha value is -1.28. The highest BCUT2D eigenvalue weighted by molar-refractivity contribution is 8.00. The van der Waals surface area contributed by atoms with Crippen LogP contribution in [0.1, 0.15) is 23.8 Å². The lowest BCUT2D eigenvalue weighted by Crippen LogP contribution is -2.08. The first-order valence-corrected chi connectivity index (χ1v) is 9.83. The second-order valence-corrected chi connectivity index (χ2v) is 8.23. The molecule has 0 radical (unpaired) electrons. The SMILES string of the molecule is CC1CCc2c(sc3nc(SCC#N)nc(SCC#N)c23)C1. The minimum absolute atomic E-state index is 0.343. The maximum Gasteiger partial charge on any atom is 0.191 e. The minimum Gasteiger partial charge on any atom is -0.215 e. The molecule has 0 fully saturated rings. The quantitative estimate of drug-likeness (QED) is 0.472. The van der Waals surface area contributed by atoms with Crippen molar-refractivity contribution in [2.24, 2.45) is 5.92 Å². The molecule has 2 aromatic heterocycles. The van der Waals surface area contributed by atoms with E-state index in [-0.39, 0.29) is 0 Å². The van der Waals surface area contributed by atoms with E-state index in [4.69, 9.17) is 10.5 Å². The van der Waals surface area contributed by atoms with E-state index in [2.05, 4.69) is 29.0 Å². The van der Waals surface area contributed by atoms with Crippen molar-refractivity contribution >= 4 is 45.1 Å². The van der Waals surface area contributed by atoms with E-state index in [0.717, 1.165) is 34.0 Å². The molecule has 0 saturated carbocycles. The summed E-state index contributed by atoms with van der Waals surface area (Å²) in [4.78, 5) is 11.7. The van der Waals surface area contributed by atoms with Crippen LogP contribution in [0.3, 0.4) is 0 Å². The summed E-state index contributed by atoms with van der Waals surface area (Å²) in [5, 5.41) is 20.3. The topological polar surface area (TPSA) is 73.4 Å². The van der Waals surface area contributed by atoms with Gasteiger partial charge in [-0.2, -0.15) is 10.5 Å². The molecule has 0 spiro atoms. The average Bonchev–Trinajstić information content (AvgIpc) is 2.87. The zero-order valence-corrected chi connectivity index (χ0v) is 14.6. The molecule has 1 aliphatic rings. The zero-order chi connectivity index (χ0) is 15.5. The zero-order valence-electron chi connectivity index (χ0n) is 12.1. The van der Waals surface area contributed by atoms with Gasteiger partial charge in [-0.3, -0.25) is 0 Å². The Bertz CT molecular complexity index is 785. The van der Waals surface area contributed by atoms with E-state index in [0.29, 0.717) is 16.7 Å². The molecule has 0 aromatic carbocycles. The summed E-state index contributed by atoms with van der Waals surface area (Å²) in [7, 11) is 0. The number of fused-ring (bicyclic) bond motifs is 3. The molecule has 112 valence electrons. The summed E-state index contributed by atoms with van der Waals surface area (Å²) >= 11 is 4.59. The van der Waals surface area contributed by atoms with Gasteiger partial charge < -0.3 is 0 Å². The van der Waals surface area contributed by atoms with Gasteiger partial charge in [0.25, 0.3) is 0 Å². The number of hydrogen-bond acceptors (Lipinski definition) is 7. The molecule has 0 N–H and O–H groups in total. The van der Waals surface area contributed by atoms with Crippen LogP contribution in [0.25, 0.3) is 10.2 Å². The molecule has 0 amide bonds. The van der Waals surface area contributed by atoms with Gasteiger partial charge in [0.1, 0.15) is 9.86 Å². The number of hydrogen-bond donors (Lipinski definition) is 0. The van der Waals surface area contributed by atoms with E-state index in [1.807, 2.05) is 0 Å². The van der Waals surface area contributed by atoms with Crippen molar-refractivity contribution in [2.75, 3.05) is 11.5 Å². The molecule has 1 aliphatic carbocycles. The Balaban J connectivity index is 2.10. The van der Waals surface area contributed by atoms with Crippen LogP contribution in [0.2, 0.25) is 0 Å². The highest BCUT2D eigenvalue weighted by Crippen LogP contribution is 2.41. The predicted octanol–water partition coefficient (Wildman–Crippen LogP) is 4.05. The van der Waals surface area contributed by atoms with Crippen LogP contribution >= 0.6 is 34.9 Å². The first-order valence-electron chi connectivity index (χ1n) is 7.04. The molecule has 0 saturated heterocycles. The average molecular weight is 347 g/mol. The van der Waals surface area contributed by atoms with Gasteiger partial charge in [-0.05, 0) is 30.7 Å². The lowest BCUT2D eigenvalue weighted by molar-refractivity contribution is 0.509. The van der Waals surface area contributed by atoms with Crippen molar-refractivity contribution in [1.29, 1.82) is 10.5 Å². The van der Waals surface area contributed by atoms with Crippen molar-refractivity contribution in [2.45, 2.75) is 36.4 Å². The lowest BCUT2D eigenvalue weighted by atomic mass is 9.89. The summed E-state index contributed by atoms with van der Waals surface area (Å²) < 4.78 is 0. The first kappa shape index (κ1) is 15.6. The molecule has 2 aromatic rings. The molecule has 3 rings (SSSR count). The Morgan fingerprint density at radius 2 is 2.00 bits per heavy atom. The van der Waals surface area contributed by atoms with Gasteiger partial charge in [0.05, 0.1) is 23.6 Å². The Morgan fingerprint density at radius 3 is 2.77 bits per heavy atom. The predicted molar refractivity (Wildman–Crippen MR) is 91.3 cm³/mol. The van der Waals surface area contributed by atoms with Crippen molar-refractivity contribution in [3.8, 4) is 12.1 Å². The highest BCUT2D eigenvalue weighted by Gasteiger charge is 2.24. The van der Waals surface area contributed by atoms with Crippen molar-refractivity contribution in [1.82, 2.24) is 9.97 Å². The van der Waals surface area contributed by atoms with Crippen LogP contribution in [0.4, 0.5) is 0 Å². The summed E-state index contributed by atoms with van der Waals surface area (Å²) in [6.07, 6.45) is 3.39. The van der Waals surface area contributed by atoms with Crippen LogP contribution in [0.5, 0.6) is 0 Å². The fourth-order valence-corrected chi connectivity index (χ4v) is 5.44. The van der Waals surface area contributed by atoms with Crippen LogP contribution in [0.15, 0.2) is 10.2 Å². The maximum atomic E-state index is 8.87. The van der Waals surface area contributed by atoms with Crippen molar-refractivity contribution in [3.63, 3.8) is 0 Å². The largest absolute Gasteiger partial charge is 0.215 e. The molecule has 22 heavy (non-hydrogen) atoms. The number of aromatic nitrogens is 2. The molecule has 0 aliphatic heterocycles. The monoisotopic (exact) mass is 346 g/mol. The Labute approximate surface area is 142 Å². The maximum absolute atomic E-state index is 8.87. The van der Waals surface area contributed by atoms with E-state index < -0.39 is 0 Å². The van der Waals surface area contributed by atoms with Crippen molar-refractivity contribution < 1.29 is 0 Å². The third-order valence-electron chi connectivity index (χ3n) is 3.64. The van der Waals surface area contributed by atoms with Crippen LogP contribution in [-0.4, -0.2) is 21.5 Å². The smallest absolute Gasteiger partial charge is 0.191 e. The molecule has 1 unspecified atom stereocenters. The van der Waals surface area contributed by atoms with Gasteiger partial charge in [0, 0.05) is 10.3 Å². The highest BCUT2D eigenvalue weighted by atomic mass is 32.2. The summed E-state index contributed by atoms with van der Waals surface area (Å²) in [5.74, 6) is 1.45. The van der Waals surface area contributed by atoms with Gasteiger partial charge in [0.15, 0.2) is 5.16 Å². The van der Waals surface area contributed by atoms with Gasteiger partial charge in [0.2, 0.25) is 0 Å². The van der Waals surface area contributed by atoms with Gasteiger partial charge >= 0.3 is 0 Å². The van der Waals surface area contributed by atoms with E-state index in [9.17, 15) is 0 Å². The fourth-order valence-electron chi connectivity index (χ4n) is 2.66. The molecule has 7 heteroatoms. The van der Waals surface area contributed by atoms with Gasteiger partial charge in [-0.1, -0.05) is 30.4 Å². The minimum atomic E-state index is 0.343. The van der Waals surface area contributed by atoms with Gasteiger partial charge in [-0.15, -0.1) is 11.3 Å². The second-order valence-electron chi connectivity index (χ2n) is 5.24. The van der Waals surface area contributed by atoms with Crippen LogP contribution in [-0.2, 0) is 12.8 Å². The summed E-state index contributed by atoms with van der Waals surface area (Å²) in [6.45, 7) is 2.29. The van der Waals surface area contributed by atoms with E-state index in [1.165, 1.54) is 40.4 Å².